The minimum absolute atomic E-state index is 0.0719. The molecule has 9 heteroatoms. The van der Waals surface area contributed by atoms with Crippen molar-refractivity contribution in [3.8, 4) is 0 Å². The summed E-state index contributed by atoms with van der Waals surface area (Å²) in [6.45, 7) is 0.0829. The van der Waals surface area contributed by atoms with E-state index in [0.29, 0.717) is 17.4 Å². The van der Waals surface area contributed by atoms with Gasteiger partial charge in [0, 0.05) is 19.0 Å². The lowest BCUT2D eigenvalue weighted by molar-refractivity contribution is -0.123. The number of aryl methyl sites for hydroxylation is 1. The van der Waals surface area contributed by atoms with E-state index in [-0.39, 0.29) is 17.2 Å². The number of carbonyl (C=O) groups excluding carboxylic acids is 3. The highest BCUT2D eigenvalue weighted by atomic mass is 16.5. The van der Waals surface area contributed by atoms with Crippen molar-refractivity contribution in [3.05, 3.63) is 39.9 Å². The molecule has 2 aromatic rings. The highest BCUT2D eigenvalue weighted by molar-refractivity contribution is 5.98. The summed E-state index contributed by atoms with van der Waals surface area (Å²) < 4.78 is 6.81. The number of benzene rings is 1. The van der Waals surface area contributed by atoms with Crippen LogP contribution in [0.15, 0.2) is 23.0 Å². The van der Waals surface area contributed by atoms with Gasteiger partial charge in [-0.15, -0.1) is 0 Å². The van der Waals surface area contributed by atoms with Gasteiger partial charge < -0.3 is 10.1 Å². The molecule has 0 saturated heterocycles. The summed E-state index contributed by atoms with van der Waals surface area (Å²) in [6.07, 6.45) is 9.96. The number of esters is 1. The van der Waals surface area contributed by atoms with Crippen LogP contribution in [0.5, 0.6) is 0 Å². The number of imide groups is 1. The van der Waals surface area contributed by atoms with Crippen molar-refractivity contribution in [2.45, 2.75) is 76.8 Å². The van der Waals surface area contributed by atoms with Crippen molar-refractivity contribution in [3.63, 3.8) is 0 Å². The standard InChI is InChI=1S/C24H30N4O5/c29-21(27-24(32)25-17-8-4-3-5-9-17)15-33-23(31)16-11-12-18-19(14-16)26-20-10-6-1-2-7-13-28(20)22(18)30/h11-12,14,17H,1-10,13,15H2,(H2,25,27,29,32). The highest BCUT2D eigenvalue weighted by Gasteiger charge is 2.19. The Morgan fingerprint density at radius 1 is 1.03 bits per heavy atom. The molecule has 2 aliphatic rings. The van der Waals surface area contributed by atoms with Gasteiger partial charge in [-0.1, -0.05) is 32.1 Å². The van der Waals surface area contributed by atoms with E-state index in [0.717, 1.165) is 70.0 Å². The van der Waals surface area contributed by atoms with E-state index < -0.39 is 24.5 Å². The van der Waals surface area contributed by atoms with Crippen molar-refractivity contribution in [1.82, 2.24) is 20.2 Å². The molecule has 1 saturated carbocycles. The monoisotopic (exact) mass is 454 g/mol. The van der Waals surface area contributed by atoms with Gasteiger partial charge >= 0.3 is 12.0 Å². The predicted molar refractivity (Wildman–Crippen MR) is 122 cm³/mol. The number of urea groups is 1. The molecule has 1 fully saturated rings. The van der Waals surface area contributed by atoms with Crippen LogP contribution in [0, 0.1) is 0 Å². The summed E-state index contributed by atoms with van der Waals surface area (Å²) in [5, 5.41) is 5.42. The van der Waals surface area contributed by atoms with Crippen molar-refractivity contribution in [1.29, 1.82) is 0 Å². The molecule has 33 heavy (non-hydrogen) atoms. The zero-order valence-electron chi connectivity index (χ0n) is 18.7. The average molecular weight is 455 g/mol. The van der Waals surface area contributed by atoms with E-state index in [9.17, 15) is 19.2 Å². The SMILES string of the molecule is O=C(COC(=O)c1ccc2c(=O)n3c(nc2c1)CCCCCC3)NC(=O)NC1CCCCC1. The summed E-state index contributed by atoms with van der Waals surface area (Å²) in [5.74, 6) is -0.676. The molecule has 0 bridgehead atoms. The maximum absolute atomic E-state index is 12.9. The van der Waals surface area contributed by atoms with Crippen molar-refractivity contribution in [2.75, 3.05) is 6.61 Å². The predicted octanol–water partition coefficient (Wildman–Crippen LogP) is 2.83. The third-order valence-electron chi connectivity index (χ3n) is 6.33. The summed E-state index contributed by atoms with van der Waals surface area (Å²) in [7, 11) is 0. The quantitative estimate of drug-likeness (QED) is 0.686. The topological polar surface area (TPSA) is 119 Å². The second-order valence-electron chi connectivity index (χ2n) is 8.81. The lowest BCUT2D eigenvalue weighted by Gasteiger charge is -2.22. The van der Waals surface area contributed by atoms with Crippen molar-refractivity contribution >= 4 is 28.8 Å². The molecule has 9 nitrogen and oxygen atoms in total. The Hall–Kier alpha value is -3.23. The largest absolute Gasteiger partial charge is 0.452 e. The second kappa shape index (κ2) is 10.6. The Morgan fingerprint density at radius 3 is 2.61 bits per heavy atom. The third kappa shape index (κ3) is 5.77. The van der Waals surface area contributed by atoms with Crippen LogP contribution in [-0.2, 0) is 22.5 Å². The number of amides is 3. The van der Waals surface area contributed by atoms with Crippen LogP contribution in [0.4, 0.5) is 4.79 Å². The van der Waals surface area contributed by atoms with Crippen LogP contribution in [0.2, 0.25) is 0 Å². The smallest absolute Gasteiger partial charge is 0.338 e. The number of carbonyl (C=O) groups is 3. The zero-order valence-corrected chi connectivity index (χ0v) is 18.7. The minimum Gasteiger partial charge on any atom is -0.452 e. The van der Waals surface area contributed by atoms with Crippen LogP contribution >= 0.6 is 0 Å². The number of hydrogen-bond donors (Lipinski definition) is 2. The van der Waals surface area contributed by atoms with Crippen molar-refractivity contribution < 1.29 is 19.1 Å². The Balaban J connectivity index is 1.37. The molecule has 1 aromatic heterocycles. The second-order valence-corrected chi connectivity index (χ2v) is 8.81. The fraction of sp³-hybridized carbons (Fsp3) is 0.542. The number of aromatic nitrogens is 2. The normalized spacial score (nSPS) is 16.8. The van der Waals surface area contributed by atoms with E-state index in [2.05, 4.69) is 15.6 Å². The molecule has 2 N–H and O–H groups in total. The number of rotatable bonds is 4. The summed E-state index contributed by atoms with van der Waals surface area (Å²) in [5.41, 5.74) is 0.544. The number of hydrogen-bond acceptors (Lipinski definition) is 6. The molecule has 0 unspecified atom stereocenters. The molecule has 1 aromatic carbocycles. The Bertz CT molecular complexity index is 1100. The lowest BCUT2D eigenvalue weighted by Crippen LogP contribution is -2.46. The molecule has 2 heterocycles. The molecule has 176 valence electrons. The number of ether oxygens (including phenoxy) is 1. The molecule has 4 rings (SSSR count). The Kier molecular flexibility index (Phi) is 7.36. The van der Waals surface area contributed by atoms with Gasteiger partial charge in [-0.3, -0.25) is 19.5 Å². The molecule has 0 atom stereocenters. The van der Waals surface area contributed by atoms with E-state index in [1.165, 1.54) is 12.1 Å². The molecular formula is C24H30N4O5. The van der Waals surface area contributed by atoms with Gasteiger partial charge in [0.2, 0.25) is 0 Å². The van der Waals surface area contributed by atoms with E-state index >= 15 is 0 Å². The maximum atomic E-state index is 12.9. The number of nitrogens with one attached hydrogen (secondary N) is 2. The fourth-order valence-corrected chi connectivity index (χ4v) is 4.57. The molecule has 1 aliphatic carbocycles. The van der Waals surface area contributed by atoms with E-state index in [1.54, 1.807) is 10.6 Å². The van der Waals surface area contributed by atoms with Gasteiger partial charge in [0.15, 0.2) is 6.61 Å². The molecular weight excluding hydrogens is 424 g/mol. The van der Waals surface area contributed by atoms with Crippen LogP contribution in [0.25, 0.3) is 10.9 Å². The summed E-state index contributed by atoms with van der Waals surface area (Å²) in [4.78, 5) is 53.9. The van der Waals surface area contributed by atoms with Crippen molar-refractivity contribution in [2.24, 2.45) is 0 Å². The zero-order chi connectivity index (χ0) is 23.2. The van der Waals surface area contributed by atoms with Gasteiger partial charge in [0.05, 0.1) is 16.5 Å². The lowest BCUT2D eigenvalue weighted by atomic mass is 9.96. The van der Waals surface area contributed by atoms with Gasteiger partial charge in [-0.25, -0.2) is 14.6 Å². The van der Waals surface area contributed by atoms with Crippen LogP contribution in [0.3, 0.4) is 0 Å². The first kappa shape index (κ1) is 22.9. The van der Waals surface area contributed by atoms with Gasteiger partial charge in [-0.05, 0) is 43.9 Å². The van der Waals surface area contributed by atoms with Gasteiger partial charge in [0.1, 0.15) is 5.82 Å². The maximum Gasteiger partial charge on any atom is 0.338 e. The highest BCUT2D eigenvalue weighted by Crippen LogP contribution is 2.18. The van der Waals surface area contributed by atoms with E-state index in [1.807, 2.05) is 0 Å². The molecule has 3 amide bonds. The van der Waals surface area contributed by atoms with E-state index in [4.69, 9.17) is 4.74 Å². The molecule has 0 radical (unpaired) electrons. The van der Waals surface area contributed by atoms with Crippen LogP contribution < -0.4 is 16.2 Å². The third-order valence-corrected chi connectivity index (χ3v) is 6.33. The Labute approximate surface area is 191 Å². The first-order chi connectivity index (χ1) is 16.0. The molecule has 1 aliphatic heterocycles. The fourth-order valence-electron chi connectivity index (χ4n) is 4.57. The number of nitrogens with zero attached hydrogens (tertiary/aromatic N) is 2. The van der Waals surface area contributed by atoms with Crippen LogP contribution in [0.1, 0.15) is 74.0 Å². The van der Waals surface area contributed by atoms with Gasteiger partial charge in [0.25, 0.3) is 11.5 Å². The van der Waals surface area contributed by atoms with Gasteiger partial charge in [-0.2, -0.15) is 0 Å². The first-order valence-electron chi connectivity index (χ1n) is 11.8. The molecule has 0 spiro atoms. The summed E-state index contributed by atoms with van der Waals surface area (Å²) in [6, 6.07) is 4.09. The number of fused-ring (bicyclic) bond motifs is 2. The average Bonchev–Trinajstić information content (AvgIpc) is 2.79. The Morgan fingerprint density at radius 2 is 1.79 bits per heavy atom. The first-order valence-corrected chi connectivity index (χ1v) is 11.8. The summed E-state index contributed by atoms with van der Waals surface area (Å²) >= 11 is 0. The van der Waals surface area contributed by atoms with Crippen LogP contribution in [-0.4, -0.2) is 40.1 Å². The minimum atomic E-state index is -0.714.